The van der Waals surface area contributed by atoms with E-state index < -0.39 is 5.82 Å². The molecule has 2 nitrogen and oxygen atoms in total. The molecule has 0 spiro atoms. The van der Waals surface area contributed by atoms with Crippen LogP contribution in [0, 0.1) is 5.82 Å². The van der Waals surface area contributed by atoms with Crippen LogP contribution in [0.5, 0.6) is 5.75 Å². The van der Waals surface area contributed by atoms with Crippen molar-refractivity contribution < 1.29 is 14.3 Å². The Balaban J connectivity index is 3.33. The van der Waals surface area contributed by atoms with Crippen molar-refractivity contribution in [2.45, 2.75) is 13.3 Å². The first-order chi connectivity index (χ1) is 5.69. The maximum Gasteiger partial charge on any atom is 0.154 e. The Hall–Kier alpha value is -1.38. The fourth-order valence-corrected chi connectivity index (χ4v) is 1.09. The molecule has 0 aliphatic carbocycles. The van der Waals surface area contributed by atoms with E-state index in [9.17, 15) is 9.18 Å². The molecule has 0 heterocycles. The summed E-state index contributed by atoms with van der Waals surface area (Å²) in [5.41, 5.74) is 0.710. The monoisotopic (exact) mass is 168 g/mol. The van der Waals surface area contributed by atoms with E-state index >= 15 is 0 Å². The molecule has 0 amide bonds. The van der Waals surface area contributed by atoms with Gasteiger partial charge in [0.25, 0.3) is 0 Å². The minimum absolute atomic E-state index is 0.180. The molecular formula is C9H9FO2. The number of aldehydes is 1. The SMILES string of the molecule is CCc1cc(F)cc(O)c1C=O. The average molecular weight is 168 g/mol. The first-order valence-electron chi connectivity index (χ1n) is 3.65. The zero-order chi connectivity index (χ0) is 9.14. The molecule has 0 fully saturated rings. The van der Waals surface area contributed by atoms with Gasteiger partial charge in [-0.25, -0.2) is 4.39 Å². The van der Waals surface area contributed by atoms with Gasteiger partial charge >= 0.3 is 0 Å². The quantitative estimate of drug-likeness (QED) is 0.685. The van der Waals surface area contributed by atoms with Crippen LogP contribution >= 0.6 is 0 Å². The van der Waals surface area contributed by atoms with Gasteiger partial charge in [0.05, 0.1) is 5.56 Å². The molecule has 1 N–H and O–H groups in total. The highest BCUT2D eigenvalue weighted by Crippen LogP contribution is 2.21. The molecule has 0 saturated carbocycles. The summed E-state index contributed by atoms with van der Waals surface area (Å²) in [5, 5.41) is 9.13. The molecule has 12 heavy (non-hydrogen) atoms. The first kappa shape index (κ1) is 8.71. The Bertz CT molecular complexity index is 308. The number of halogens is 1. The summed E-state index contributed by atoms with van der Waals surface area (Å²) < 4.78 is 12.7. The zero-order valence-electron chi connectivity index (χ0n) is 6.67. The van der Waals surface area contributed by atoms with Crippen LogP contribution in [0.3, 0.4) is 0 Å². The Morgan fingerprint density at radius 1 is 1.58 bits per heavy atom. The van der Waals surface area contributed by atoms with E-state index in [1.807, 2.05) is 0 Å². The molecule has 0 atom stereocenters. The van der Waals surface area contributed by atoms with Crippen molar-refractivity contribution in [3.8, 4) is 5.75 Å². The van der Waals surface area contributed by atoms with Gasteiger partial charge in [0.2, 0.25) is 0 Å². The van der Waals surface area contributed by atoms with Crippen molar-refractivity contribution in [2.75, 3.05) is 0 Å². The van der Waals surface area contributed by atoms with Gasteiger partial charge in [-0.05, 0) is 18.1 Å². The molecule has 0 aliphatic rings. The normalized spacial score (nSPS) is 9.83. The lowest BCUT2D eigenvalue weighted by Crippen LogP contribution is -1.92. The number of carbonyl (C=O) groups is 1. The lowest BCUT2D eigenvalue weighted by Gasteiger charge is -2.03. The van der Waals surface area contributed by atoms with Crippen molar-refractivity contribution in [3.05, 3.63) is 29.1 Å². The van der Waals surface area contributed by atoms with E-state index in [0.29, 0.717) is 18.3 Å². The van der Waals surface area contributed by atoms with Gasteiger partial charge < -0.3 is 5.11 Å². The molecule has 0 unspecified atom stereocenters. The number of aromatic hydroxyl groups is 1. The molecule has 0 aliphatic heterocycles. The number of hydrogen-bond acceptors (Lipinski definition) is 2. The summed E-state index contributed by atoms with van der Waals surface area (Å²) in [7, 11) is 0. The summed E-state index contributed by atoms with van der Waals surface area (Å²) in [5.74, 6) is -0.809. The van der Waals surface area contributed by atoms with E-state index in [1.165, 1.54) is 6.07 Å². The number of phenolic OH excluding ortho intramolecular Hbond substituents is 1. The van der Waals surface area contributed by atoms with Crippen LogP contribution in [0.1, 0.15) is 22.8 Å². The molecule has 0 saturated heterocycles. The van der Waals surface area contributed by atoms with Gasteiger partial charge in [-0.3, -0.25) is 4.79 Å². The smallest absolute Gasteiger partial charge is 0.154 e. The van der Waals surface area contributed by atoms with Crippen molar-refractivity contribution in [1.29, 1.82) is 0 Å². The number of phenols is 1. The molecule has 64 valence electrons. The Kier molecular flexibility index (Phi) is 2.43. The molecule has 0 bridgehead atoms. The first-order valence-corrected chi connectivity index (χ1v) is 3.65. The van der Waals surface area contributed by atoms with Gasteiger partial charge in [-0.2, -0.15) is 0 Å². The summed E-state index contributed by atoms with van der Waals surface area (Å²) in [6, 6.07) is 2.19. The maximum atomic E-state index is 12.7. The summed E-state index contributed by atoms with van der Waals surface area (Å²) in [6.45, 7) is 1.79. The number of hydrogen-bond donors (Lipinski definition) is 1. The van der Waals surface area contributed by atoms with E-state index in [0.717, 1.165) is 6.07 Å². The zero-order valence-corrected chi connectivity index (χ0v) is 6.67. The number of aryl methyl sites for hydroxylation is 1. The van der Waals surface area contributed by atoms with Crippen molar-refractivity contribution >= 4 is 6.29 Å². The average Bonchev–Trinajstić information content (AvgIpc) is 2.03. The number of rotatable bonds is 2. The second-order valence-corrected chi connectivity index (χ2v) is 2.47. The van der Waals surface area contributed by atoms with E-state index in [2.05, 4.69) is 0 Å². The van der Waals surface area contributed by atoms with Crippen LogP contribution in [0.4, 0.5) is 4.39 Å². The second-order valence-electron chi connectivity index (χ2n) is 2.47. The third kappa shape index (κ3) is 1.44. The molecular weight excluding hydrogens is 159 g/mol. The van der Waals surface area contributed by atoms with Crippen LogP contribution in [0.25, 0.3) is 0 Å². The van der Waals surface area contributed by atoms with Crippen molar-refractivity contribution in [2.24, 2.45) is 0 Å². The minimum atomic E-state index is -0.519. The molecule has 0 radical (unpaired) electrons. The fourth-order valence-electron chi connectivity index (χ4n) is 1.09. The van der Waals surface area contributed by atoms with Gasteiger partial charge in [0, 0.05) is 6.07 Å². The highest BCUT2D eigenvalue weighted by atomic mass is 19.1. The van der Waals surface area contributed by atoms with Crippen molar-refractivity contribution in [1.82, 2.24) is 0 Å². The largest absolute Gasteiger partial charge is 0.507 e. The summed E-state index contributed by atoms with van der Waals surface area (Å²) >= 11 is 0. The predicted octanol–water partition coefficient (Wildman–Crippen LogP) is 1.91. The van der Waals surface area contributed by atoms with Crippen LogP contribution < -0.4 is 0 Å². The third-order valence-electron chi connectivity index (χ3n) is 1.71. The number of benzene rings is 1. The Labute approximate surface area is 69.6 Å². The second kappa shape index (κ2) is 3.34. The highest BCUT2D eigenvalue weighted by molar-refractivity contribution is 5.81. The van der Waals surface area contributed by atoms with E-state index in [4.69, 9.17) is 5.11 Å². The minimum Gasteiger partial charge on any atom is -0.507 e. The summed E-state index contributed by atoms with van der Waals surface area (Å²) in [6.07, 6.45) is 1.06. The van der Waals surface area contributed by atoms with Crippen LogP contribution in [-0.2, 0) is 6.42 Å². The maximum absolute atomic E-state index is 12.7. The topological polar surface area (TPSA) is 37.3 Å². The third-order valence-corrected chi connectivity index (χ3v) is 1.71. The Morgan fingerprint density at radius 2 is 2.25 bits per heavy atom. The molecule has 3 heteroatoms. The lowest BCUT2D eigenvalue weighted by molar-refractivity contribution is 0.112. The Morgan fingerprint density at radius 3 is 2.75 bits per heavy atom. The lowest BCUT2D eigenvalue weighted by atomic mass is 10.1. The molecule has 0 aromatic heterocycles. The van der Waals surface area contributed by atoms with Gasteiger partial charge in [-0.15, -0.1) is 0 Å². The number of carbonyl (C=O) groups excluding carboxylic acids is 1. The molecule has 1 rings (SSSR count). The van der Waals surface area contributed by atoms with Gasteiger partial charge in [-0.1, -0.05) is 6.92 Å². The molecule has 1 aromatic carbocycles. The van der Waals surface area contributed by atoms with Crippen LogP contribution in [-0.4, -0.2) is 11.4 Å². The van der Waals surface area contributed by atoms with Gasteiger partial charge in [0.15, 0.2) is 6.29 Å². The van der Waals surface area contributed by atoms with Crippen molar-refractivity contribution in [3.63, 3.8) is 0 Å². The van der Waals surface area contributed by atoms with Crippen LogP contribution in [0.15, 0.2) is 12.1 Å². The fraction of sp³-hybridized carbons (Fsp3) is 0.222. The standard InChI is InChI=1S/C9H9FO2/c1-2-6-3-7(10)4-9(12)8(6)5-11/h3-5,12H,2H2,1H3. The van der Waals surface area contributed by atoms with Crippen LogP contribution in [0.2, 0.25) is 0 Å². The predicted molar refractivity (Wildman–Crippen MR) is 42.8 cm³/mol. The highest BCUT2D eigenvalue weighted by Gasteiger charge is 2.07. The van der Waals surface area contributed by atoms with E-state index in [1.54, 1.807) is 6.92 Å². The van der Waals surface area contributed by atoms with Gasteiger partial charge in [0.1, 0.15) is 11.6 Å². The molecule has 1 aromatic rings. The van der Waals surface area contributed by atoms with E-state index in [-0.39, 0.29) is 11.3 Å². The summed E-state index contributed by atoms with van der Waals surface area (Å²) in [4.78, 5) is 10.4.